The molecule has 0 fully saturated rings. The van der Waals surface area contributed by atoms with Crippen LogP contribution in [0.5, 0.6) is 0 Å². The first-order valence-corrected chi connectivity index (χ1v) is 2.50. The standard InChI is InChI=1S/C4H7NO6.K.H/c5-11-2(4(9)10)1(6)3(7)8;;/h1-2,6H,5H2,(H,7,8)(H,9,10);;/q;+1;-1. The van der Waals surface area contributed by atoms with Crippen molar-refractivity contribution in [2.24, 2.45) is 5.90 Å². The molecule has 0 heterocycles. The molecule has 0 saturated heterocycles. The van der Waals surface area contributed by atoms with Crippen molar-refractivity contribution in [1.29, 1.82) is 0 Å². The average molecular weight is 205 g/mol. The molecule has 0 rings (SSSR count). The summed E-state index contributed by atoms with van der Waals surface area (Å²) in [6.45, 7) is 0. The van der Waals surface area contributed by atoms with Crippen molar-refractivity contribution < 1.29 is 82.6 Å². The summed E-state index contributed by atoms with van der Waals surface area (Å²) in [6.07, 6.45) is -4.09. The van der Waals surface area contributed by atoms with Crippen LogP contribution in [0.25, 0.3) is 0 Å². The number of rotatable bonds is 4. The monoisotopic (exact) mass is 205 g/mol. The van der Waals surface area contributed by atoms with E-state index in [0.29, 0.717) is 0 Å². The normalized spacial score (nSPS) is 14.2. The van der Waals surface area contributed by atoms with Gasteiger partial charge in [0.15, 0.2) is 6.10 Å². The number of aliphatic carboxylic acids is 2. The number of aliphatic hydroxyl groups is 1. The molecule has 12 heavy (non-hydrogen) atoms. The van der Waals surface area contributed by atoms with Crippen molar-refractivity contribution in [2.45, 2.75) is 12.2 Å². The summed E-state index contributed by atoms with van der Waals surface area (Å²) in [7, 11) is 0. The maximum atomic E-state index is 10.0. The van der Waals surface area contributed by atoms with Crippen molar-refractivity contribution in [3.63, 3.8) is 0 Å². The first-order chi connectivity index (χ1) is 5.00. The van der Waals surface area contributed by atoms with Crippen molar-refractivity contribution in [3.05, 3.63) is 0 Å². The molecule has 0 aliphatic carbocycles. The van der Waals surface area contributed by atoms with Gasteiger partial charge in [-0.1, -0.05) is 0 Å². The molecule has 0 aliphatic heterocycles. The van der Waals surface area contributed by atoms with E-state index in [1.54, 1.807) is 0 Å². The van der Waals surface area contributed by atoms with Crippen LogP contribution in [0.15, 0.2) is 0 Å². The molecule has 5 N–H and O–H groups in total. The molecule has 66 valence electrons. The third-order valence-electron chi connectivity index (χ3n) is 0.930. The van der Waals surface area contributed by atoms with Crippen LogP contribution in [0.1, 0.15) is 1.43 Å². The van der Waals surface area contributed by atoms with E-state index >= 15 is 0 Å². The fourth-order valence-corrected chi connectivity index (χ4v) is 0.397. The molecule has 2 unspecified atom stereocenters. The topological polar surface area (TPSA) is 130 Å². The molecule has 0 spiro atoms. The Morgan fingerprint density at radius 1 is 1.33 bits per heavy atom. The molecular formula is C4H8KNO6. The van der Waals surface area contributed by atoms with E-state index < -0.39 is 24.1 Å². The predicted molar refractivity (Wildman–Crippen MR) is 31.5 cm³/mol. The predicted octanol–water partition coefficient (Wildman–Crippen LogP) is -5.11. The Morgan fingerprint density at radius 2 is 1.75 bits per heavy atom. The van der Waals surface area contributed by atoms with E-state index in [9.17, 15) is 9.59 Å². The minimum absolute atomic E-state index is 0. The second kappa shape index (κ2) is 6.92. The summed E-state index contributed by atoms with van der Waals surface area (Å²) < 4.78 is 0. The third kappa shape index (κ3) is 4.47. The zero-order valence-electron chi connectivity index (χ0n) is 7.30. The van der Waals surface area contributed by atoms with Crippen LogP contribution in [-0.4, -0.2) is 39.5 Å². The van der Waals surface area contributed by atoms with Gasteiger partial charge in [0.1, 0.15) is 0 Å². The summed E-state index contributed by atoms with van der Waals surface area (Å²) in [5, 5.41) is 24.8. The fourth-order valence-electron chi connectivity index (χ4n) is 0.397. The summed E-state index contributed by atoms with van der Waals surface area (Å²) in [5.74, 6) is 1.07. The van der Waals surface area contributed by atoms with Gasteiger partial charge in [-0.3, -0.25) is 4.84 Å². The number of hydrogen-bond acceptors (Lipinski definition) is 5. The van der Waals surface area contributed by atoms with Crippen LogP contribution >= 0.6 is 0 Å². The minimum atomic E-state index is -2.16. The quantitative estimate of drug-likeness (QED) is 0.267. The average Bonchev–Trinajstić information content (AvgIpc) is 1.88. The van der Waals surface area contributed by atoms with E-state index in [1.807, 2.05) is 0 Å². The molecule has 2 atom stereocenters. The van der Waals surface area contributed by atoms with Crippen LogP contribution in [0, 0.1) is 0 Å². The summed E-state index contributed by atoms with van der Waals surface area (Å²) in [5.41, 5.74) is 0. The Hall–Kier alpha value is 0.456. The maximum absolute atomic E-state index is 10.0. The van der Waals surface area contributed by atoms with Gasteiger partial charge in [-0.25, -0.2) is 15.5 Å². The van der Waals surface area contributed by atoms with Gasteiger partial charge in [-0.15, -0.1) is 0 Å². The van der Waals surface area contributed by atoms with Gasteiger partial charge in [0.2, 0.25) is 6.10 Å². The molecule has 0 aromatic carbocycles. The Labute approximate surface area is 111 Å². The third-order valence-corrected chi connectivity index (χ3v) is 0.930. The Morgan fingerprint density at radius 3 is 1.83 bits per heavy atom. The summed E-state index contributed by atoms with van der Waals surface area (Å²) >= 11 is 0. The van der Waals surface area contributed by atoms with E-state index in [1.165, 1.54) is 0 Å². The summed E-state index contributed by atoms with van der Waals surface area (Å²) in [6, 6.07) is 0. The van der Waals surface area contributed by atoms with Gasteiger partial charge in [-0.2, -0.15) is 0 Å². The van der Waals surface area contributed by atoms with Crippen molar-refractivity contribution in [1.82, 2.24) is 0 Å². The maximum Gasteiger partial charge on any atom is 1.00 e. The van der Waals surface area contributed by atoms with Gasteiger partial charge < -0.3 is 16.7 Å². The first kappa shape index (κ1) is 15.0. The zero-order chi connectivity index (χ0) is 9.02. The van der Waals surface area contributed by atoms with E-state index in [-0.39, 0.29) is 52.8 Å². The number of hydrogen-bond donors (Lipinski definition) is 4. The second-order valence-electron chi connectivity index (χ2n) is 1.68. The van der Waals surface area contributed by atoms with Crippen LogP contribution in [0.4, 0.5) is 0 Å². The smallest absolute Gasteiger partial charge is 1.00 e. The van der Waals surface area contributed by atoms with Crippen molar-refractivity contribution >= 4 is 11.9 Å². The molecular weight excluding hydrogens is 197 g/mol. The van der Waals surface area contributed by atoms with E-state index in [4.69, 9.17) is 15.3 Å². The van der Waals surface area contributed by atoms with Gasteiger partial charge in [0.05, 0.1) is 0 Å². The first-order valence-electron chi connectivity index (χ1n) is 2.50. The van der Waals surface area contributed by atoms with Crippen LogP contribution in [0.2, 0.25) is 0 Å². The van der Waals surface area contributed by atoms with Crippen molar-refractivity contribution in [2.75, 3.05) is 0 Å². The SMILES string of the molecule is NOC(C(=O)O)C(O)C(=O)O.[H-].[K+]. The Kier molecular flexibility index (Phi) is 8.62. The fraction of sp³-hybridized carbons (Fsp3) is 0.500. The molecule has 0 amide bonds. The molecule has 0 aromatic heterocycles. The number of nitrogens with two attached hydrogens (primary N) is 1. The summed E-state index contributed by atoms with van der Waals surface area (Å²) in [4.78, 5) is 23.7. The molecule has 0 aromatic rings. The Balaban J connectivity index is -0.000000500. The van der Waals surface area contributed by atoms with Gasteiger partial charge in [0.25, 0.3) is 0 Å². The minimum Gasteiger partial charge on any atom is -1.00 e. The molecule has 0 bridgehead atoms. The zero-order valence-corrected chi connectivity index (χ0v) is 9.42. The molecule has 0 radical (unpaired) electrons. The number of carboxylic acid groups (broad SMARTS) is 2. The second-order valence-corrected chi connectivity index (χ2v) is 1.68. The molecule has 8 heteroatoms. The largest absolute Gasteiger partial charge is 1.00 e. The van der Waals surface area contributed by atoms with Crippen LogP contribution in [-0.2, 0) is 14.4 Å². The molecule has 0 saturated carbocycles. The number of aliphatic hydroxyl groups excluding tert-OH is 1. The number of carbonyl (C=O) groups is 2. The van der Waals surface area contributed by atoms with Crippen LogP contribution < -0.4 is 57.3 Å². The number of carboxylic acids is 2. The van der Waals surface area contributed by atoms with E-state index in [2.05, 4.69) is 10.7 Å². The Bertz CT molecular complexity index is 178. The van der Waals surface area contributed by atoms with E-state index in [0.717, 1.165) is 0 Å². The molecule has 0 aliphatic rings. The van der Waals surface area contributed by atoms with Gasteiger partial charge in [-0.05, 0) is 0 Å². The van der Waals surface area contributed by atoms with Crippen molar-refractivity contribution in [3.8, 4) is 0 Å². The van der Waals surface area contributed by atoms with Crippen LogP contribution in [0.3, 0.4) is 0 Å². The molecule has 7 nitrogen and oxygen atoms in total. The van der Waals surface area contributed by atoms with Gasteiger partial charge >= 0.3 is 63.3 Å². The van der Waals surface area contributed by atoms with Gasteiger partial charge in [0, 0.05) is 0 Å².